The molecule has 10 heteroatoms. The van der Waals surface area contributed by atoms with Crippen LogP contribution < -0.4 is 4.74 Å². The average Bonchev–Trinajstić information content (AvgIpc) is 3.14. The van der Waals surface area contributed by atoms with Crippen molar-refractivity contribution in [3.05, 3.63) is 87.8 Å². The van der Waals surface area contributed by atoms with Crippen LogP contribution in [0.25, 0.3) is 11.2 Å². The maximum Gasteiger partial charge on any atom is 0.344 e. The molecule has 3 rings (SSSR count). The van der Waals surface area contributed by atoms with Crippen LogP contribution in [0.4, 0.5) is 0 Å². The highest BCUT2D eigenvalue weighted by molar-refractivity contribution is 7.97. The van der Waals surface area contributed by atoms with Crippen LogP contribution >= 0.6 is 35.0 Å². The minimum absolute atomic E-state index is 0.210. The Labute approximate surface area is 223 Å². The summed E-state index contributed by atoms with van der Waals surface area (Å²) in [6.07, 6.45) is 8.94. The molecule has 0 aliphatic carbocycles. The number of ketones is 1. The number of carboxylic acid groups (broad SMARTS) is 1. The fourth-order valence-electron chi connectivity index (χ4n) is 3.60. The van der Waals surface area contributed by atoms with Gasteiger partial charge in [-0.3, -0.25) is 9.78 Å². The number of aromatic nitrogens is 3. The zero-order chi connectivity index (χ0) is 26.4. The molecule has 2 heterocycles. The van der Waals surface area contributed by atoms with Gasteiger partial charge in [0.15, 0.2) is 17.5 Å². The van der Waals surface area contributed by atoms with Gasteiger partial charge in [0.25, 0.3) is 0 Å². The fraction of sp³-hybridized carbons (Fsp3) is 0.231. The van der Waals surface area contributed by atoms with Gasteiger partial charge in [0, 0.05) is 39.5 Å². The summed E-state index contributed by atoms with van der Waals surface area (Å²) >= 11 is 13.9. The number of rotatable bonds is 11. The van der Waals surface area contributed by atoms with E-state index in [1.54, 1.807) is 67.5 Å². The summed E-state index contributed by atoms with van der Waals surface area (Å²) in [5.74, 6) is -0.392. The number of hydrogen-bond acceptors (Lipinski definition) is 6. The van der Waals surface area contributed by atoms with Gasteiger partial charge in [-0.2, -0.15) is 11.8 Å². The van der Waals surface area contributed by atoms with E-state index in [4.69, 9.17) is 27.9 Å². The van der Waals surface area contributed by atoms with Crippen LogP contribution in [0.5, 0.6) is 5.75 Å². The molecule has 7 nitrogen and oxygen atoms in total. The quantitative estimate of drug-likeness (QED) is 0.172. The summed E-state index contributed by atoms with van der Waals surface area (Å²) < 4.78 is 7.44. The number of thioether (sulfide) groups is 1. The predicted molar refractivity (Wildman–Crippen MR) is 145 cm³/mol. The molecule has 0 radical (unpaired) electrons. The highest BCUT2D eigenvalue weighted by Crippen LogP contribution is 2.32. The monoisotopic (exact) mass is 545 g/mol. The van der Waals surface area contributed by atoms with Crippen molar-refractivity contribution in [3.63, 3.8) is 0 Å². The zero-order valence-corrected chi connectivity index (χ0v) is 22.3. The highest BCUT2D eigenvalue weighted by Gasteiger charge is 2.26. The Morgan fingerprint density at radius 1 is 1.28 bits per heavy atom. The van der Waals surface area contributed by atoms with Crippen molar-refractivity contribution in [1.82, 2.24) is 14.5 Å². The van der Waals surface area contributed by atoms with Crippen molar-refractivity contribution in [3.8, 4) is 5.75 Å². The van der Waals surface area contributed by atoms with Crippen molar-refractivity contribution in [1.29, 1.82) is 0 Å². The number of carboxylic acids is 1. The largest absolute Gasteiger partial charge is 0.479 e. The second-order valence-electron chi connectivity index (χ2n) is 7.77. The van der Waals surface area contributed by atoms with Crippen molar-refractivity contribution in [2.75, 3.05) is 6.26 Å². The Kier molecular flexibility index (Phi) is 9.37. The van der Waals surface area contributed by atoms with Gasteiger partial charge < -0.3 is 14.4 Å². The summed E-state index contributed by atoms with van der Waals surface area (Å²) in [6, 6.07) is 4.97. The first kappa shape index (κ1) is 27.5. The van der Waals surface area contributed by atoms with Gasteiger partial charge in [-0.1, -0.05) is 35.9 Å². The summed E-state index contributed by atoms with van der Waals surface area (Å²) in [5, 5.41) is 9.96. The molecule has 0 spiro atoms. The molecule has 0 saturated carbocycles. The summed E-state index contributed by atoms with van der Waals surface area (Å²) in [7, 11) is 0. The van der Waals surface area contributed by atoms with E-state index in [-0.39, 0.29) is 12.3 Å². The lowest BCUT2D eigenvalue weighted by Gasteiger charge is -2.15. The number of Topliss-reactive ketones (excluding diaryl/α,β-unsaturated/α-hetero) is 1. The van der Waals surface area contributed by atoms with Crippen LogP contribution in [-0.2, 0) is 17.1 Å². The van der Waals surface area contributed by atoms with Crippen molar-refractivity contribution >= 4 is 57.9 Å². The first-order valence-electron chi connectivity index (χ1n) is 10.9. The first-order chi connectivity index (χ1) is 17.2. The summed E-state index contributed by atoms with van der Waals surface area (Å²) in [6.45, 7) is 7.14. The molecule has 0 amide bonds. The molecule has 0 fully saturated rings. The molecule has 1 N–H and O–H groups in total. The minimum Gasteiger partial charge on any atom is -0.479 e. The molecule has 3 aromatic rings. The molecule has 1 atom stereocenters. The van der Waals surface area contributed by atoms with E-state index < -0.39 is 12.1 Å². The molecule has 0 saturated heterocycles. The Bertz CT molecular complexity index is 1380. The second kappa shape index (κ2) is 12.3. The van der Waals surface area contributed by atoms with Gasteiger partial charge in [0.1, 0.15) is 11.3 Å². The van der Waals surface area contributed by atoms with Crippen molar-refractivity contribution in [2.24, 2.45) is 0 Å². The van der Waals surface area contributed by atoms with Gasteiger partial charge in [-0.15, -0.1) is 0 Å². The number of carbonyl (C=O) groups excluding carboxylic acids is 1. The lowest BCUT2D eigenvalue weighted by molar-refractivity contribution is -0.144. The Balaban J connectivity index is 2.15. The minimum atomic E-state index is -1.07. The number of nitrogens with zero attached hydrogens (tertiary/aromatic N) is 3. The average molecular weight is 546 g/mol. The highest BCUT2D eigenvalue weighted by atomic mass is 35.5. The van der Waals surface area contributed by atoms with Crippen LogP contribution in [0.1, 0.15) is 35.5 Å². The zero-order valence-electron chi connectivity index (χ0n) is 20.0. The number of carbonyl (C=O) groups is 2. The second-order valence-corrected chi connectivity index (χ2v) is 9.53. The van der Waals surface area contributed by atoms with E-state index in [1.165, 1.54) is 6.92 Å². The maximum absolute atomic E-state index is 13.7. The van der Waals surface area contributed by atoms with Gasteiger partial charge in [-0.25, -0.2) is 9.78 Å². The van der Waals surface area contributed by atoms with E-state index in [0.717, 1.165) is 5.69 Å². The number of benzene rings is 1. The third-order valence-electron chi connectivity index (χ3n) is 5.32. The number of aliphatic carboxylic acids is 1. The molecule has 1 unspecified atom stereocenters. The fourth-order valence-corrected chi connectivity index (χ4v) is 4.41. The smallest absolute Gasteiger partial charge is 0.344 e. The maximum atomic E-state index is 13.7. The predicted octanol–water partition coefficient (Wildman–Crippen LogP) is 6.29. The third-order valence-corrected chi connectivity index (χ3v) is 6.37. The topological polar surface area (TPSA) is 94.3 Å². The number of hydrogen-bond donors (Lipinski definition) is 1. The number of fused-ring (bicyclic) bond motifs is 1. The van der Waals surface area contributed by atoms with Crippen LogP contribution in [0.3, 0.4) is 0 Å². The Hall–Kier alpha value is -3.07. The van der Waals surface area contributed by atoms with E-state index in [9.17, 15) is 14.7 Å². The van der Waals surface area contributed by atoms with E-state index in [2.05, 4.69) is 16.5 Å². The number of allylic oxidation sites excluding steroid dienone is 5. The van der Waals surface area contributed by atoms with Crippen LogP contribution in [0.15, 0.2) is 66.0 Å². The molecule has 0 aliphatic heterocycles. The Morgan fingerprint density at radius 3 is 2.64 bits per heavy atom. The van der Waals surface area contributed by atoms with Crippen molar-refractivity contribution in [2.45, 2.75) is 32.2 Å². The van der Waals surface area contributed by atoms with E-state index in [1.807, 2.05) is 10.8 Å². The van der Waals surface area contributed by atoms with Gasteiger partial charge in [0.2, 0.25) is 0 Å². The molecule has 0 bridgehead atoms. The van der Waals surface area contributed by atoms with Crippen LogP contribution in [0, 0.1) is 0 Å². The van der Waals surface area contributed by atoms with Crippen LogP contribution in [0.2, 0.25) is 5.02 Å². The van der Waals surface area contributed by atoms with Gasteiger partial charge in [-0.05, 0) is 56.0 Å². The Morgan fingerprint density at radius 2 is 2.00 bits per heavy atom. The third kappa shape index (κ3) is 6.19. The first-order valence-corrected chi connectivity index (χ1v) is 13.0. The summed E-state index contributed by atoms with van der Waals surface area (Å²) in [5.41, 5.74) is 3.33. The normalized spacial score (nSPS) is 12.8. The molecule has 36 heavy (non-hydrogen) atoms. The lowest BCUT2D eigenvalue weighted by Crippen LogP contribution is -2.22. The molecule has 2 aromatic heterocycles. The lowest BCUT2D eigenvalue weighted by atomic mass is 10.0. The van der Waals surface area contributed by atoms with E-state index >= 15 is 0 Å². The standard InChI is InChI=1S/C26H25Cl2N3O4S/c1-5-17(7-6-15(2)27)24(32)22-21(14-36-4)31(25-23(22)29-10-11-30-25)13-18-12-19(8-9-20(18)28)35-16(3)26(33)34/h5-12,16H,2,13-14H2,1,3-4H3,(H,33,34)/b7-6-,17-5+. The number of ether oxygens (including phenoxy) is 1. The molecule has 188 valence electrons. The molecular formula is C26H25Cl2N3O4S. The van der Waals surface area contributed by atoms with E-state index in [0.29, 0.717) is 49.4 Å². The molecular weight excluding hydrogens is 521 g/mol. The summed E-state index contributed by atoms with van der Waals surface area (Å²) in [4.78, 5) is 33.9. The molecule has 0 aliphatic rings. The number of halogens is 2. The van der Waals surface area contributed by atoms with Crippen LogP contribution in [-0.4, -0.2) is 43.8 Å². The molecule has 1 aromatic carbocycles. The van der Waals surface area contributed by atoms with Gasteiger partial charge >= 0.3 is 5.97 Å². The van der Waals surface area contributed by atoms with Crippen molar-refractivity contribution < 1.29 is 19.4 Å². The SMILES string of the molecule is C=C(Cl)/C=C\C(=C/C)C(=O)c1c(CSC)n(Cc2cc(OC(C)C(=O)O)ccc2Cl)c2nccnc12. The van der Waals surface area contributed by atoms with Gasteiger partial charge in [0.05, 0.1) is 12.1 Å².